The number of hydrogen-bond acceptors (Lipinski definition) is 4. The number of hydrogen-bond donors (Lipinski definition) is 1. The molecule has 1 atom stereocenters. The van der Waals surface area contributed by atoms with Crippen LogP contribution in [0.25, 0.3) is 0 Å². The van der Waals surface area contributed by atoms with Gasteiger partial charge in [0.25, 0.3) is 5.91 Å². The molecule has 2 heterocycles. The van der Waals surface area contributed by atoms with Gasteiger partial charge in [0, 0.05) is 29.8 Å². The van der Waals surface area contributed by atoms with E-state index in [0.717, 1.165) is 23.4 Å². The molecule has 1 aliphatic rings. The standard InChI is InChI=1S/C22H17F3N2O3/c23-22(24,25)15-7-10-20(26-13-15)30-16-8-5-14(6-9-16)21(28)27-18-11-12-29-19-4-2-1-3-17(18)19/h1-10,13,18H,11-12H2,(H,27,28)/t18-/m0/s1. The number of para-hydroxylation sites is 1. The minimum atomic E-state index is -4.45. The van der Waals surface area contributed by atoms with Gasteiger partial charge in [-0.15, -0.1) is 0 Å². The predicted molar refractivity (Wildman–Crippen MR) is 103 cm³/mol. The summed E-state index contributed by atoms with van der Waals surface area (Å²) in [5, 5.41) is 3.00. The number of pyridine rings is 1. The zero-order chi connectivity index (χ0) is 21.1. The van der Waals surface area contributed by atoms with Crippen LogP contribution in [0.2, 0.25) is 0 Å². The Hall–Kier alpha value is -3.55. The van der Waals surface area contributed by atoms with E-state index in [1.54, 1.807) is 24.3 Å². The third-order valence-electron chi connectivity index (χ3n) is 4.67. The zero-order valence-electron chi connectivity index (χ0n) is 15.6. The van der Waals surface area contributed by atoms with Gasteiger partial charge < -0.3 is 14.8 Å². The number of rotatable bonds is 4. The first-order chi connectivity index (χ1) is 14.4. The van der Waals surface area contributed by atoms with Crippen molar-refractivity contribution in [2.45, 2.75) is 18.6 Å². The van der Waals surface area contributed by atoms with E-state index in [0.29, 0.717) is 30.5 Å². The van der Waals surface area contributed by atoms with Crippen molar-refractivity contribution in [1.82, 2.24) is 10.3 Å². The van der Waals surface area contributed by atoms with E-state index in [-0.39, 0.29) is 17.8 Å². The van der Waals surface area contributed by atoms with Crippen molar-refractivity contribution in [3.05, 3.63) is 83.6 Å². The fourth-order valence-corrected chi connectivity index (χ4v) is 3.14. The molecule has 0 aliphatic carbocycles. The van der Waals surface area contributed by atoms with Crippen LogP contribution in [0.1, 0.15) is 33.9 Å². The Morgan fingerprint density at radius 2 is 1.83 bits per heavy atom. The van der Waals surface area contributed by atoms with E-state index in [2.05, 4.69) is 10.3 Å². The molecular formula is C22H17F3N2O3. The van der Waals surface area contributed by atoms with Crippen LogP contribution in [0.3, 0.4) is 0 Å². The van der Waals surface area contributed by atoms with Crippen LogP contribution in [0.15, 0.2) is 66.9 Å². The van der Waals surface area contributed by atoms with Crippen molar-refractivity contribution < 1.29 is 27.4 Å². The Morgan fingerprint density at radius 3 is 2.53 bits per heavy atom. The van der Waals surface area contributed by atoms with E-state index in [9.17, 15) is 18.0 Å². The summed E-state index contributed by atoms with van der Waals surface area (Å²) in [6, 6.07) is 15.8. The van der Waals surface area contributed by atoms with E-state index >= 15 is 0 Å². The van der Waals surface area contributed by atoms with Crippen LogP contribution in [0.4, 0.5) is 13.2 Å². The number of alkyl halides is 3. The minimum Gasteiger partial charge on any atom is -0.493 e. The van der Waals surface area contributed by atoms with E-state index in [4.69, 9.17) is 9.47 Å². The van der Waals surface area contributed by atoms with Gasteiger partial charge in [-0.2, -0.15) is 13.2 Å². The molecule has 1 N–H and O–H groups in total. The lowest BCUT2D eigenvalue weighted by molar-refractivity contribution is -0.137. The Labute approximate surface area is 170 Å². The number of carbonyl (C=O) groups is 1. The van der Waals surface area contributed by atoms with Gasteiger partial charge in [-0.05, 0) is 36.4 Å². The summed E-state index contributed by atoms with van der Waals surface area (Å²) in [5.74, 6) is 0.909. The maximum atomic E-state index is 12.6. The average molecular weight is 414 g/mol. The highest BCUT2D eigenvalue weighted by atomic mass is 19.4. The van der Waals surface area contributed by atoms with Crippen LogP contribution in [-0.2, 0) is 6.18 Å². The van der Waals surface area contributed by atoms with Crippen molar-refractivity contribution in [1.29, 1.82) is 0 Å². The number of fused-ring (bicyclic) bond motifs is 1. The number of halogens is 3. The Balaban J connectivity index is 1.41. The fourth-order valence-electron chi connectivity index (χ4n) is 3.14. The molecular weight excluding hydrogens is 397 g/mol. The third-order valence-corrected chi connectivity index (χ3v) is 4.67. The molecule has 1 aromatic heterocycles. The van der Waals surface area contributed by atoms with Crippen LogP contribution in [0.5, 0.6) is 17.4 Å². The molecule has 1 amide bonds. The molecule has 0 bridgehead atoms. The normalized spacial score (nSPS) is 15.6. The number of nitrogens with zero attached hydrogens (tertiary/aromatic N) is 1. The van der Waals surface area contributed by atoms with Gasteiger partial charge in [0.05, 0.1) is 18.2 Å². The van der Waals surface area contributed by atoms with Gasteiger partial charge in [0.15, 0.2) is 0 Å². The van der Waals surface area contributed by atoms with Crippen molar-refractivity contribution >= 4 is 5.91 Å². The number of nitrogens with one attached hydrogen (secondary N) is 1. The predicted octanol–water partition coefficient (Wildman–Crippen LogP) is 5.15. The largest absolute Gasteiger partial charge is 0.493 e. The second-order valence-electron chi connectivity index (χ2n) is 6.71. The molecule has 0 fully saturated rings. The minimum absolute atomic E-state index is 0.0269. The first kappa shape index (κ1) is 19.8. The second kappa shape index (κ2) is 8.06. The zero-order valence-corrected chi connectivity index (χ0v) is 15.6. The summed E-state index contributed by atoms with van der Waals surface area (Å²) in [7, 11) is 0. The summed E-state index contributed by atoms with van der Waals surface area (Å²) >= 11 is 0. The van der Waals surface area contributed by atoms with Crippen molar-refractivity contribution in [3.8, 4) is 17.4 Å². The van der Waals surface area contributed by atoms with Gasteiger partial charge in [0.2, 0.25) is 5.88 Å². The fraction of sp³-hybridized carbons (Fsp3) is 0.182. The third kappa shape index (κ3) is 4.37. The number of aromatic nitrogens is 1. The first-order valence-corrected chi connectivity index (χ1v) is 9.24. The molecule has 4 rings (SSSR count). The smallest absolute Gasteiger partial charge is 0.417 e. The molecule has 8 heteroatoms. The first-order valence-electron chi connectivity index (χ1n) is 9.24. The second-order valence-corrected chi connectivity index (χ2v) is 6.71. The summed E-state index contributed by atoms with van der Waals surface area (Å²) in [4.78, 5) is 16.3. The maximum absolute atomic E-state index is 12.6. The highest BCUT2D eigenvalue weighted by molar-refractivity contribution is 5.94. The van der Waals surface area contributed by atoms with E-state index < -0.39 is 11.7 Å². The van der Waals surface area contributed by atoms with Crippen LogP contribution in [0, 0.1) is 0 Å². The van der Waals surface area contributed by atoms with Gasteiger partial charge in [-0.3, -0.25) is 4.79 Å². The van der Waals surface area contributed by atoms with Crippen molar-refractivity contribution in [3.63, 3.8) is 0 Å². The topological polar surface area (TPSA) is 60.5 Å². The number of benzene rings is 2. The molecule has 3 aromatic rings. The number of carbonyl (C=O) groups excluding carboxylic acids is 1. The monoisotopic (exact) mass is 414 g/mol. The molecule has 0 saturated heterocycles. The maximum Gasteiger partial charge on any atom is 0.417 e. The number of amides is 1. The van der Waals surface area contributed by atoms with Crippen LogP contribution < -0.4 is 14.8 Å². The SMILES string of the molecule is O=C(N[C@H]1CCOc2ccccc21)c1ccc(Oc2ccc(C(F)(F)F)cn2)cc1. The molecule has 154 valence electrons. The van der Waals surface area contributed by atoms with Crippen molar-refractivity contribution in [2.24, 2.45) is 0 Å². The molecule has 30 heavy (non-hydrogen) atoms. The molecule has 0 spiro atoms. The lowest BCUT2D eigenvalue weighted by Gasteiger charge is -2.26. The van der Waals surface area contributed by atoms with Crippen LogP contribution in [-0.4, -0.2) is 17.5 Å². The van der Waals surface area contributed by atoms with Gasteiger partial charge >= 0.3 is 6.18 Å². The quantitative estimate of drug-likeness (QED) is 0.642. The van der Waals surface area contributed by atoms with Crippen molar-refractivity contribution in [2.75, 3.05) is 6.61 Å². The lowest BCUT2D eigenvalue weighted by atomic mass is 10.00. The Kier molecular flexibility index (Phi) is 5.31. The molecule has 2 aromatic carbocycles. The number of ether oxygens (including phenoxy) is 2. The van der Waals surface area contributed by atoms with E-state index in [1.165, 1.54) is 0 Å². The molecule has 0 saturated carbocycles. The lowest BCUT2D eigenvalue weighted by Crippen LogP contribution is -2.32. The summed E-state index contributed by atoms with van der Waals surface area (Å²) < 4.78 is 48.8. The Morgan fingerprint density at radius 1 is 1.07 bits per heavy atom. The summed E-state index contributed by atoms with van der Waals surface area (Å²) in [6.07, 6.45) is -3.07. The van der Waals surface area contributed by atoms with Gasteiger partial charge in [0.1, 0.15) is 11.5 Å². The highest BCUT2D eigenvalue weighted by Crippen LogP contribution is 2.32. The molecule has 1 aliphatic heterocycles. The van der Waals surface area contributed by atoms with Crippen LogP contribution >= 0.6 is 0 Å². The summed E-state index contributed by atoms with van der Waals surface area (Å²) in [6.45, 7) is 0.523. The van der Waals surface area contributed by atoms with E-state index in [1.807, 2.05) is 24.3 Å². The van der Waals surface area contributed by atoms with Gasteiger partial charge in [-0.25, -0.2) is 4.98 Å². The molecule has 0 unspecified atom stereocenters. The average Bonchev–Trinajstić information content (AvgIpc) is 2.74. The highest BCUT2D eigenvalue weighted by Gasteiger charge is 2.30. The Bertz CT molecular complexity index is 1030. The molecule has 5 nitrogen and oxygen atoms in total. The molecule has 0 radical (unpaired) electrons. The van der Waals surface area contributed by atoms with Gasteiger partial charge in [-0.1, -0.05) is 18.2 Å². The summed E-state index contributed by atoms with van der Waals surface area (Å²) in [5.41, 5.74) is 0.522.